The minimum atomic E-state index is -0.0679. The summed E-state index contributed by atoms with van der Waals surface area (Å²) < 4.78 is 0. The molecule has 0 saturated carbocycles. The number of carbonyl (C=O) groups is 1. The number of amides is 1. The van der Waals surface area contributed by atoms with Crippen LogP contribution in [0, 0.1) is 0 Å². The van der Waals surface area contributed by atoms with Crippen LogP contribution in [0.15, 0.2) is 35.7 Å². The summed E-state index contributed by atoms with van der Waals surface area (Å²) in [6.07, 6.45) is 1.09. The van der Waals surface area contributed by atoms with Crippen LogP contribution in [0.3, 0.4) is 0 Å². The predicted molar refractivity (Wildman–Crippen MR) is 96.4 cm³/mol. The van der Waals surface area contributed by atoms with E-state index in [-0.39, 0.29) is 5.91 Å². The predicted octanol–water partition coefficient (Wildman–Crippen LogP) is 4.14. The number of hydrogen-bond donors (Lipinski definition) is 1. The van der Waals surface area contributed by atoms with Gasteiger partial charge in [0.2, 0.25) is 0 Å². The fourth-order valence-corrected chi connectivity index (χ4v) is 4.50. The lowest BCUT2D eigenvalue weighted by Gasteiger charge is -2.38. The van der Waals surface area contributed by atoms with E-state index < -0.39 is 0 Å². The maximum atomic E-state index is 12.2. The second kappa shape index (κ2) is 7.04. The van der Waals surface area contributed by atoms with Crippen molar-refractivity contribution in [2.24, 2.45) is 0 Å². The highest BCUT2D eigenvalue weighted by Gasteiger charge is 2.29. The molecule has 1 aliphatic heterocycles. The molecule has 0 aliphatic carbocycles. The lowest BCUT2D eigenvalue weighted by atomic mass is 9.97. The molecule has 23 heavy (non-hydrogen) atoms. The van der Waals surface area contributed by atoms with Crippen LogP contribution in [0.4, 0.5) is 0 Å². The Bertz CT molecular complexity index is 700. The second-order valence-corrected chi connectivity index (χ2v) is 7.43. The third kappa shape index (κ3) is 3.60. The fourth-order valence-electron chi connectivity index (χ4n) is 3.29. The number of hydrogen-bond acceptors (Lipinski definition) is 3. The molecule has 0 radical (unpaired) electrons. The molecule has 1 amide bonds. The standard InChI is InChI=1S/C18H21ClN2OS/c1-12-10-14-6-9-23-17(14)13(2)21(12)8-7-20-18(22)15-4-3-5-16(19)11-15/h3-6,9,11-13H,7-8,10H2,1-2H3,(H,20,22)/t12-,13+/m1/s1. The molecule has 3 rings (SSSR count). The molecule has 1 aromatic heterocycles. The lowest BCUT2D eigenvalue weighted by molar-refractivity contribution is 0.0930. The summed E-state index contributed by atoms with van der Waals surface area (Å²) in [7, 11) is 0. The average molecular weight is 349 g/mol. The van der Waals surface area contributed by atoms with Crippen LogP contribution in [-0.2, 0) is 6.42 Å². The highest BCUT2D eigenvalue weighted by atomic mass is 35.5. The van der Waals surface area contributed by atoms with E-state index in [4.69, 9.17) is 11.6 Å². The van der Waals surface area contributed by atoms with Crippen LogP contribution in [0.1, 0.15) is 40.7 Å². The van der Waals surface area contributed by atoms with E-state index in [1.54, 1.807) is 24.3 Å². The van der Waals surface area contributed by atoms with Crippen molar-refractivity contribution in [2.45, 2.75) is 32.4 Å². The molecule has 0 unspecified atom stereocenters. The Hall–Kier alpha value is -1.36. The van der Waals surface area contributed by atoms with Gasteiger partial charge in [-0.15, -0.1) is 11.3 Å². The smallest absolute Gasteiger partial charge is 0.251 e. The molecule has 5 heteroatoms. The SMILES string of the molecule is C[C@@H]1Cc2ccsc2[C@H](C)N1CCNC(=O)c1cccc(Cl)c1. The van der Waals surface area contributed by atoms with Crippen LogP contribution in [0.25, 0.3) is 0 Å². The zero-order valence-electron chi connectivity index (χ0n) is 13.4. The second-order valence-electron chi connectivity index (χ2n) is 6.04. The Morgan fingerprint density at radius 1 is 1.39 bits per heavy atom. The van der Waals surface area contributed by atoms with Crippen LogP contribution in [-0.4, -0.2) is 29.9 Å². The highest BCUT2D eigenvalue weighted by Crippen LogP contribution is 2.35. The van der Waals surface area contributed by atoms with Crippen LogP contribution in [0.2, 0.25) is 5.02 Å². The zero-order valence-corrected chi connectivity index (χ0v) is 15.0. The van der Waals surface area contributed by atoms with Crippen molar-refractivity contribution in [3.8, 4) is 0 Å². The minimum Gasteiger partial charge on any atom is -0.351 e. The Morgan fingerprint density at radius 2 is 2.22 bits per heavy atom. The Balaban J connectivity index is 1.57. The van der Waals surface area contributed by atoms with Gasteiger partial charge in [-0.1, -0.05) is 17.7 Å². The molecule has 0 fully saturated rings. The Kier molecular flexibility index (Phi) is 5.05. The number of carbonyl (C=O) groups excluding carboxylic acids is 1. The van der Waals surface area contributed by atoms with Gasteiger partial charge in [-0.05, 0) is 55.5 Å². The van der Waals surface area contributed by atoms with E-state index in [1.807, 2.05) is 11.3 Å². The van der Waals surface area contributed by atoms with Gasteiger partial charge >= 0.3 is 0 Å². The molecule has 2 aromatic rings. The molecular formula is C18H21ClN2OS. The van der Waals surface area contributed by atoms with Crippen molar-refractivity contribution in [1.82, 2.24) is 10.2 Å². The lowest BCUT2D eigenvalue weighted by Crippen LogP contribution is -2.44. The van der Waals surface area contributed by atoms with E-state index in [1.165, 1.54) is 10.4 Å². The van der Waals surface area contributed by atoms with Gasteiger partial charge < -0.3 is 5.32 Å². The van der Waals surface area contributed by atoms with Crippen LogP contribution in [0.5, 0.6) is 0 Å². The average Bonchev–Trinajstić information content (AvgIpc) is 2.98. The van der Waals surface area contributed by atoms with E-state index in [0.29, 0.717) is 29.2 Å². The number of nitrogens with zero attached hydrogens (tertiary/aromatic N) is 1. The fraction of sp³-hybridized carbons (Fsp3) is 0.389. The van der Waals surface area contributed by atoms with E-state index in [0.717, 1.165) is 13.0 Å². The molecule has 3 nitrogen and oxygen atoms in total. The summed E-state index contributed by atoms with van der Waals surface area (Å²) in [6.45, 7) is 6.01. The van der Waals surface area contributed by atoms with Gasteiger partial charge in [0.15, 0.2) is 0 Å². The first-order valence-electron chi connectivity index (χ1n) is 7.92. The number of nitrogens with one attached hydrogen (secondary N) is 1. The van der Waals surface area contributed by atoms with E-state index in [9.17, 15) is 4.79 Å². The molecule has 2 heterocycles. The Labute approximate surface area is 146 Å². The van der Waals surface area contributed by atoms with E-state index in [2.05, 4.69) is 35.5 Å². The molecule has 0 bridgehead atoms. The molecule has 0 saturated heterocycles. The number of rotatable bonds is 4. The minimum absolute atomic E-state index is 0.0679. The first-order chi connectivity index (χ1) is 11.1. The van der Waals surface area contributed by atoms with Crippen molar-refractivity contribution in [2.75, 3.05) is 13.1 Å². The number of benzene rings is 1. The summed E-state index contributed by atoms with van der Waals surface area (Å²) >= 11 is 7.77. The van der Waals surface area contributed by atoms with Crippen molar-refractivity contribution >= 4 is 28.8 Å². The maximum Gasteiger partial charge on any atom is 0.251 e. The summed E-state index contributed by atoms with van der Waals surface area (Å²) in [5, 5.41) is 5.76. The summed E-state index contributed by atoms with van der Waals surface area (Å²) in [5.74, 6) is -0.0679. The van der Waals surface area contributed by atoms with Crippen LogP contribution >= 0.6 is 22.9 Å². The van der Waals surface area contributed by atoms with Crippen molar-refractivity contribution in [1.29, 1.82) is 0 Å². The summed E-state index contributed by atoms with van der Waals surface area (Å²) in [5.41, 5.74) is 2.09. The first kappa shape index (κ1) is 16.5. The molecular weight excluding hydrogens is 328 g/mol. The topological polar surface area (TPSA) is 32.3 Å². The normalized spacial score (nSPS) is 21.0. The van der Waals surface area contributed by atoms with Gasteiger partial charge in [0.25, 0.3) is 5.91 Å². The molecule has 1 aliphatic rings. The van der Waals surface area contributed by atoms with E-state index >= 15 is 0 Å². The summed E-state index contributed by atoms with van der Waals surface area (Å²) in [4.78, 5) is 16.1. The first-order valence-corrected chi connectivity index (χ1v) is 9.18. The maximum absolute atomic E-state index is 12.2. The molecule has 1 N–H and O–H groups in total. The van der Waals surface area contributed by atoms with Crippen molar-refractivity contribution in [3.63, 3.8) is 0 Å². The largest absolute Gasteiger partial charge is 0.351 e. The van der Waals surface area contributed by atoms with Gasteiger partial charge in [0.05, 0.1) is 0 Å². The Morgan fingerprint density at radius 3 is 3.00 bits per heavy atom. The quantitative estimate of drug-likeness (QED) is 0.900. The summed E-state index contributed by atoms with van der Waals surface area (Å²) in [6, 6.07) is 10.2. The van der Waals surface area contributed by atoms with Crippen molar-refractivity contribution < 1.29 is 4.79 Å². The van der Waals surface area contributed by atoms with Gasteiger partial charge in [0, 0.05) is 40.6 Å². The molecule has 2 atom stereocenters. The number of halogens is 1. The molecule has 0 spiro atoms. The van der Waals surface area contributed by atoms with Gasteiger partial charge in [-0.3, -0.25) is 9.69 Å². The molecule has 1 aromatic carbocycles. The van der Waals surface area contributed by atoms with Gasteiger partial charge in [-0.25, -0.2) is 0 Å². The van der Waals surface area contributed by atoms with Crippen molar-refractivity contribution in [3.05, 3.63) is 56.7 Å². The molecule has 122 valence electrons. The van der Waals surface area contributed by atoms with Crippen LogP contribution < -0.4 is 5.32 Å². The third-order valence-electron chi connectivity index (χ3n) is 4.48. The van der Waals surface area contributed by atoms with Gasteiger partial charge in [0.1, 0.15) is 0 Å². The monoisotopic (exact) mass is 348 g/mol. The zero-order chi connectivity index (χ0) is 16.4. The highest BCUT2D eigenvalue weighted by molar-refractivity contribution is 7.10. The number of fused-ring (bicyclic) bond motifs is 1. The van der Waals surface area contributed by atoms with Gasteiger partial charge in [-0.2, -0.15) is 0 Å². The number of thiophene rings is 1. The third-order valence-corrected chi connectivity index (χ3v) is 5.85.